The lowest BCUT2D eigenvalue weighted by Gasteiger charge is -2.03. The smallest absolute Gasteiger partial charge is 0.228 e. The first-order valence-corrected chi connectivity index (χ1v) is 6.44. The molecule has 2 rings (SSSR count). The number of aromatic nitrogens is 1. The Morgan fingerprint density at radius 2 is 2.06 bits per heavy atom. The van der Waals surface area contributed by atoms with E-state index in [0.717, 1.165) is 5.56 Å². The van der Waals surface area contributed by atoms with Crippen molar-refractivity contribution in [3.63, 3.8) is 0 Å². The molecule has 0 radical (unpaired) electrons. The minimum absolute atomic E-state index is 0.186. The molecule has 1 heterocycles. The number of thioether (sulfide) groups is 1. The Hall–Kier alpha value is -1.64. The van der Waals surface area contributed by atoms with Crippen LogP contribution in [-0.4, -0.2) is 11.2 Å². The van der Waals surface area contributed by atoms with Crippen LogP contribution in [0.15, 0.2) is 39.8 Å². The fourth-order valence-corrected chi connectivity index (χ4v) is 2.14. The van der Waals surface area contributed by atoms with E-state index in [0.29, 0.717) is 16.5 Å². The SMILES string of the molecule is CSc1nc(-c2ccccc2)oc(=S)c1C#N. The molecule has 0 amide bonds. The van der Waals surface area contributed by atoms with Crippen molar-refractivity contribution >= 4 is 24.0 Å². The fraction of sp³-hybridized carbons (Fsp3) is 0.0833. The summed E-state index contributed by atoms with van der Waals surface area (Å²) in [4.78, 5) is 4.30. The van der Waals surface area contributed by atoms with E-state index in [1.165, 1.54) is 11.8 Å². The predicted octanol–water partition coefficient (Wildman–Crippen LogP) is 3.66. The zero-order chi connectivity index (χ0) is 12.3. The second-order valence-corrected chi connectivity index (χ2v) is 4.33. The van der Waals surface area contributed by atoms with E-state index in [-0.39, 0.29) is 4.71 Å². The predicted molar refractivity (Wildman–Crippen MR) is 69.3 cm³/mol. The lowest BCUT2D eigenvalue weighted by Crippen LogP contribution is -1.91. The molecular weight excluding hydrogens is 252 g/mol. The largest absolute Gasteiger partial charge is 0.425 e. The highest BCUT2D eigenvalue weighted by atomic mass is 32.2. The van der Waals surface area contributed by atoms with Gasteiger partial charge in [-0.3, -0.25) is 0 Å². The third-order valence-electron chi connectivity index (χ3n) is 2.14. The van der Waals surface area contributed by atoms with Crippen LogP contribution in [0, 0.1) is 16.0 Å². The molecule has 0 aliphatic carbocycles. The third kappa shape index (κ3) is 2.38. The Labute approximate surface area is 108 Å². The molecule has 0 atom stereocenters. The number of hydrogen-bond donors (Lipinski definition) is 0. The molecule has 0 unspecified atom stereocenters. The Morgan fingerprint density at radius 1 is 1.35 bits per heavy atom. The quantitative estimate of drug-likeness (QED) is 0.609. The molecule has 2 aromatic rings. The van der Waals surface area contributed by atoms with Crippen LogP contribution in [0.3, 0.4) is 0 Å². The van der Waals surface area contributed by atoms with Crippen LogP contribution in [0.4, 0.5) is 0 Å². The minimum atomic E-state index is 0.186. The van der Waals surface area contributed by atoms with Gasteiger partial charge < -0.3 is 4.42 Å². The van der Waals surface area contributed by atoms with Gasteiger partial charge in [-0.05, 0) is 30.6 Å². The standard InChI is InChI=1S/C12H8N2OS2/c1-17-11-9(7-13)12(16)15-10(14-11)8-5-3-2-4-6-8/h2-6H,1H3. The van der Waals surface area contributed by atoms with Gasteiger partial charge in [0.2, 0.25) is 10.6 Å². The van der Waals surface area contributed by atoms with Crippen molar-refractivity contribution in [2.45, 2.75) is 5.03 Å². The Morgan fingerprint density at radius 3 is 2.65 bits per heavy atom. The Kier molecular flexibility index (Phi) is 3.57. The summed E-state index contributed by atoms with van der Waals surface area (Å²) >= 11 is 6.43. The third-order valence-corrected chi connectivity index (χ3v) is 3.11. The lowest BCUT2D eigenvalue weighted by atomic mass is 10.2. The lowest BCUT2D eigenvalue weighted by molar-refractivity contribution is 0.518. The number of hydrogen-bond acceptors (Lipinski definition) is 5. The molecule has 0 spiro atoms. The van der Waals surface area contributed by atoms with Crippen LogP contribution < -0.4 is 0 Å². The van der Waals surface area contributed by atoms with Crippen LogP contribution in [0.1, 0.15) is 5.56 Å². The molecule has 1 aromatic heterocycles. The van der Waals surface area contributed by atoms with E-state index >= 15 is 0 Å². The second-order valence-electron chi connectivity index (χ2n) is 3.17. The molecule has 0 fully saturated rings. The summed E-state index contributed by atoms with van der Waals surface area (Å²) in [5, 5.41) is 9.56. The zero-order valence-corrected chi connectivity index (χ0v) is 10.6. The molecular formula is C12H8N2OS2. The second kappa shape index (κ2) is 5.13. The Bertz CT molecular complexity index is 629. The van der Waals surface area contributed by atoms with Gasteiger partial charge in [-0.2, -0.15) is 5.26 Å². The summed E-state index contributed by atoms with van der Waals surface area (Å²) < 4.78 is 5.58. The monoisotopic (exact) mass is 260 g/mol. The molecule has 5 heteroatoms. The number of rotatable bonds is 2. The van der Waals surface area contributed by atoms with E-state index in [4.69, 9.17) is 21.9 Å². The summed E-state index contributed by atoms with van der Waals surface area (Å²) in [7, 11) is 0. The van der Waals surface area contributed by atoms with Crippen LogP contribution >= 0.6 is 24.0 Å². The van der Waals surface area contributed by atoms with Crippen molar-refractivity contribution in [1.29, 1.82) is 5.26 Å². The molecule has 0 aliphatic heterocycles. The van der Waals surface area contributed by atoms with Crippen molar-refractivity contribution in [2.75, 3.05) is 6.26 Å². The normalized spacial score (nSPS) is 9.88. The van der Waals surface area contributed by atoms with Crippen molar-refractivity contribution in [2.24, 2.45) is 0 Å². The van der Waals surface area contributed by atoms with Gasteiger partial charge in [0, 0.05) is 5.56 Å². The summed E-state index contributed by atoms with van der Waals surface area (Å²) in [6.07, 6.45) is 1.85. The highest BCUT2D eigenvalue weighted by Crippen LogP contribution is 2.24. The van der Waals surface area contributed by atoms with Crippen molar-refractivity contribution in [3.05, 3.63) is 40.6 Å². The average Bonchev–Trinajstić information content (AvgIpc) is 2.38. The van der Waals surface area contributed by atoms with Crippen molar-refractivity contribution in [3.8, 4) is 17.5 Å². The first kappa shape index (κ1) is 11.8. The molecule has 0 bridgehead atoms. The summed E-state index contributed by atoms with van der Waals surface area (Å²) in [6.45, 7) is 0. The molecule has 1 aromatic carbocycles. The molecule has 0 saturated carbocycles. The molecule has 0 aliphatic rings. The van der Waals surface area contributed by atoms with Gasteiger partial charge in [0.1, 0.15) is 16.7 Å². The number of nitriles is 1. The number of nitrogens with zero attached hydrogens (tertiary/aromatic N) is 2. The maximum atomic E-state index is 8.96. The molecule has 0 saturated heterocycles. The fourth-order valence-electron chi connectivity index (χ4n) is 1.34. The zero-order valence-electron chi connectivity index (χ0n) is 9.01. The maximum Gasteiger partial charge on any atom is 0.228 e. The summed E-state index contributed by atoms with van der Waals surface area (Å²) in [6, 6.07) is 11.5. The van der Waals surface area contributed by atoms with Crippen LogP contribution in [0.25, 0.3) is 11.5 Å². The van der Waals surface area contributed by atoms with Crippen LogP contribution in [0.2, 0.25) is 0 Å². The summed E-state index contributed by atoms with van der Waals surface area (Å²) in [5.41, 5.74) is 1.17. The van der Waals surface area contributed by atoms with Gasteiger partial charge in [0.15, 0.2) is 0 Å². The molecule has 3 nitrogen and oxygen atoms in total. The van der Waals surface area contributed by atoms with E-state index in [9.17, 15) is 0 Å². The first-order chi connectivity index (χ1) is 8.26. The van der Waals surface area contributed by atoms with E-state index < -0.39 is 0 Å². The Balaban J connectivity index is 2.64. The van der Waals surface area contributed by atoms with Gasteiger partial charge in [-0.25, -0.2) is 4.98 Å². The van der Waals surface area contributed by atoms with Gasteiger partial charge >= 0.3 is 0 Å². The first-order valence-electron chi connectivity index (χ1n) is 4.81. The van der Waals surface area contributed by atoms with E-state index in [1.54, 1.807) is 0 Å². The number of benzene rings is 1. The molecule has 0 N–H and O–H groups in total. The topological polar surface area (TPSA) is 49.8 Å². The van der Waals surface area contributed by atoms with E-state index in [1.807, 2.05) is 42.7 Å². The van der Waals surface area contributed by atoms with Gasteiger partial charge in [-0.1, -0.05) is 18.2 Å². The molecule has 17 heavy (non-hydrogen) atoms. The van der Waals surface area contributed by atoms with Crippen LogP contribution in [0.5, 0.6) is 0 Å². The molecule has 84 valence electrons. The minimum Gasteiger partial charge on any atom is -0.425 e. The highest BCUT2D eigenvalue weighted by molar-refractivity contribution is 7.98. The van der Waals surface area contributed by atoms with Gasteiger partial charge in [-0.15, -0.1) is 11.8 Å². The van der Waals surface area contributed by atoms with Gasteiger partial charge in [0.05, 0.1) is 0 Å². The van der Waals surface area contributed by atoms with Gasteiger partial charge in [0.25, 0.3) is 0 Å². The summed E-state index contributed by atoms with van der Waals surface area (Å²) in [5.74, 6) is 0.443. The van der Waals surface area contributed by atoms with Crippen LogP contribution in [-0.2, 0) is 0 Å². The maximum absolute atomic E-state index is 8.96. The van der Waals surface area contributed by atoms with E-state index in [2.05, 4.69) is 4.98 Å². The highest BCUT2D eigenvalue weighted by Gasteiger charge is 2.11. The average molecular weight is 260 g/mol. The van der Waals surface area contributed by atoms with Crippen molar-refractivity contribution in [1.82, 2.24) is 4.98 Å². The van der Waals surface area contributed by atoms with Crippen molar-refractivity contribution < 1.29 is 4.42 Å².